The van der Waals surface area contributed by atoms with Crippen LogP contribution in [0, 0.1) is 0 Å². The lowest BCUT2D eigenvalue weighted by molar-refractivity contribution is 0.442. The molecule has 100 valence electrons. The van der Waals surface area contributed by atoms with Crippen molar-refractivity contribution in [1.82, 2.24) is 4.72 Å². The lowest BCUT2D eigenvalue weighted by Gasteiger charge is -2.22. The second-order valence-electron chi connectivity index (χ2n) is 4.74. The van der Waals surface area contributed by atoms with Crippen LogP contribution in [0.3, 0.4) is 0 Å². The van der Waals surface area contributed by atoms with Gasteiger partial charge in [0.25, 0.3) is 0 Å². The van der Waals surface area contributed by atoms with E-state index in [9.17, 15) is 8.42 Å². The summed E-state index contributed by atoms with van der Waals surface area (Å²) in [5.74, 6) is 0. The molecular formula is C13H18ClNO2S. The van der Waals surface area contributed by atoms with Crippen molar-refractivity contribution in [2.24, 2.45) is 0 Å². The second kappa shape index (κ2) is 5.87. The largest absolute Gasteiger partial charge is 0.234 e. The van der Waals surface area contributed by atoms with E-state index in [1.807, 2.05) is 20.8 Å². The highest BCUT2D eigenvalue weighted by Gasteiger charge is 2.20. The maximum Gasteiger partial charge on any atom is 0.234 e. The van der Waals surface area contributed by atoms with Crippen molar-refractivity contribution in [3.63, 3.8) is 0 Å². The van der Waals surface area contributed by atoms with Crippen LogP contribution in [0.5, 0.6) is 0 Å². The van der Waals surface area contributed by atoms with Gasteiger partial charge >= 0.3 is 0 Å². The van der Waals surface area contributed by atoms with Crippen molar-refractivity contribution in [2.75, 3.05) is 0 Å². The Bertz CT molecular complexity index is 518. The van der Waals surface area contributed by atoms with Crippen molar-refractivity contribution in [3.8, 4) is 0 Å². The van der Waals surface area contributed by atoms with Gasteiger partial charge in [-0.05, 0) is 44.0 Å². The highest BCUT2D eigenvalue weighted by Crippen LogP contribution is 2.13. The molecule has 0 spiro atoms. The zero-order chi connectivity index (χ0) is 13.8. The number of hydrogen-bond acceptors (Lipinski definition) is 2. The van der Waals surface area contributed by atoms with Crippen LogP contribution in [-0.4, -0.2) is 14.0 Å². The predicted octanol–water partition coefficient (Wildman–Crippen LogP) is 3.42. The van der Waals surface area contributed by atoms with E-state index in [1.165, 1.54) is 5.41 Å². The summed E-state index contributed by atoms with van der Waals surface area (Å²) in [7, 11) is -3.42. The molecule has 0 aliphatic carbocycles. The Kier molecular flexibility index (Phi) is 4.96. The molecule has 0 heterocycles. The Morgan fingerprint density at radius 1 is 1.28 bits per heavy atom. The third-order valence-electron chi connectivity index (χ3n) is 2.61. The van der Waals surface area contributed by atoms with E-state index < -0.39 is 15.6 Å². The molecule has 1 aromatic carbocycles. The van der Waals surface area contributed by atoms with Crippen LogP contribution in [0.4, 0.5) is 0 Å². The molecule has 1 aromatic rings. The third kappa shape index (κ3) is 5.21. The van der Waals surface area contributed by atoms with Crippen LogP contribution in [0.25, 0.3) is 6.08 Å². The number of sulfonamides is 1. The van der Waals surface area contributed by atoms with Crippen LogP contribution in [0.1, 0.15) is 32.8 Å². The lowest BCUT2D eigenvalue weighted by atomic mass is 10.0. The van der Waals surface area contributed by atoms with Crippen LogP contribution < -0.4 is 4.72 Å². The summed E-state index contributed by atoms with van der Waals surface area (Å²) in [6.07, 6.45) is 2.27. The van der Waals surface area contributed by atoms with Gasteiger partial charge in [-0.2, -0.15) is 0 Å². The van der Waals surface area contributed by atoms with E-state index in [-0.39, 0.29) is 0 Å². The Balaban J connectivity index is 2.80. The van der Waals surface area contributed by atoms with Gasteiger partial charge in [0.05, 0.1) is 0 Å². The number of rotatable bonds is 5. The molecule has 18 heavy (non-hydrogen) atoms. The van der Waals surface area contributed by atoms with Crippen LogP contribution >= 0.6 is 11.6 Å². The quantitative estimate of drug-likeness (QED) is 0.902. The maximum absolute atomic E-state index is 11.8. The molecular weight excluding hydrogens is 270 g/mol. The highest BCUT2D eigenvalue weighted by atomic mass is 35.5. The topological polar surface area (TPSA) is 46.2 Å². The molecule has 5 heteroatoms. The average Bonchev–Trinajstić information content (AvgIpc) is 2.27. The third-order valence-corrected chi connectivity index (χ3v) is 4.20. The smallest absolute Gasteiger partial charge is 0.208 e. The van der Waals surface area contributed by atoms with Gasteiger partial charge in [0.1, 0.15) is 0 Å². The second-order valence-corrected chi connectivity index (χ2v) is 6.74. The first-order valence-electron chi connectivity index (χ1n) is 5.72. The van der Waals surface area contributed by atoms with Gasteiger partial charge in [0, 0.05) is 16.0 Å². The van der Waals surface area contributed by atoms with E-state index >= 15 is 0 Å². The molecule has 0 saturated heterocycles. The number of benzene rings is 1. The van der Waals surface area contributed by atoms with Gasteiger partial charge in [-0.3, -0.25) is 0 Å². The zero-order valence-electron chi connectivity index (χ0n) is 10.8. The van der Waals surface area contributed by atoms with Crippen LogP contribution in [-0.2, 0) is 10.0 Å². The summed E-state index contributed by atoms with van der Waals surface area (Å²) in [5.41, 5.74) is 0.350. The van der Waals surface area contributed by atoms with Gasteiger partial charge in [-0.15, -0.1) is 0 Å². The summed E-state index contributed by atoms with van der Waals surface area (Å²) >= 11 is 5.75. The molecule has 0 unspecified atom stereocenters. The van der Waals surface area contributed by atoms with Crippen molar-refractivity contribution >= 4 is 27.7 Å². The van der Waals surface area contributed by atoms with E-state index in [4.69, 9.17) is 11.6 Å². The van der Waals surface area contributed by atoms with E-state index in [1.54, 1.807) is 30.3 Å². The molecule has 1 rings (SSSR count). The standard InChI is InChI=1S/C13H18ClNO2S/c1-4-13(2,3)15-18(16,17)10-9-11-5-7-12(14)8-6-11/h5-10,15H,4H2,1-3H3/b10-9+. The normalized spacial score (nSPS) is 13.1. The van der Waals surface area contributed by atoms with Gasteiger partial charge < -0.3 is 0 Å². The van der Waals surface area contributed by atoms with Gasteiger partial charge in [0.15, 0.2) is 0 Å². The molecule has 0 fully saturated rings. The molecule has 3 nitrogen and oxygen atoms in total. The summed E-state index contributed by atoms with van der Waals surface area (Å²) in [6, 6.07) is 6.97. The Labute approximate surface area is 114 Å². The molecule has 0 aromatic heterocycles. The minimum atomic E-state index is -3.42. The number of hydrogen-bond donors (Lipinski definition) is 1. The molecule has 0 atom stereocenters. The first-order valence-corrected chi connectivity index (χ1v) is 7.64. The lowest BCUT2D eigenvalue weighted by Crippen LogP contribution is -2.41. The van der Waals surface area contributed by atoms with Crippen LogP contribution in [0.2, 0.25) is 5.02 Å². The Hall–Kier alpha value is -0.840. The maximum atomic E-state index is 11.8. The van der Waals surface area contributed by atoms with Crippen molar-refractivity contribution in [1.29, 1.82) is 0 Å². The Morgan fingerprint density at radius 2 is 1.83 bits per heavy atom. The zero-order valence-corrected chi connectivity index (χ0v) is 12.3. The van der Waals surface area contributed by atoms with Crippen molar-refractivity contribution in [2.45, 2.75) is 32.7 Å². The predicted molar refractivity (Wildman–Crippen MR) is 76.9 cm³/mol. The van der Waals surface area contributed by atoms with Crippen LogP contribution in [0.15, 0.2) is 29.7 Å². The average molecular weight is 288 g/mol. The fraction of sp³-hybridized carbons (Fsp3) is 0.385. The van der Waals surface area contributed by atoms with E-state index in [0.29, 0.717) is 5.02 Å². The van der Waals surface area contributed by atoms with Gasteiger partial charge in [0.2, 0.25) is 10.0 Å². The van der Waals surface area contributed by atoms with E-state index in [2.05, 4.69) is 4.72 Å². The molecule has 0 aliphatic heterocycles. The molecule has 0 amide bonds. The monoisotopic (exact) mass is 287 g/mol. The highest BCUT2D eigenvalue weighted by molar-refractivity contribution is 7.92. The summed E-state index contributed by atoms with van der Waals surface area (Å²) in [4.78, 5) is 0. The number of nitrogens with one attached hydrogen (secondary N) is 1. The molecule has 0 saturated carbocycles. The summed E-state index contributed by atoms with van der Waals surface area (Å²) in [6.45, 7) is 5.63. The SMILES string of the molecule is CCC(C)(C)NS(=O)(=O)/C=C/c1ccc(Cl)cc1. The molecule has 1 N–H and O–H groups in total. The summed E-state index contributed by atoms with van der Waals surface area (Å²) < 4.78 is 26.3. The molecule has 0 bridgehead atoms. The minimum absolute atomic E-state index is 0.441. The van der Waals surface area contributed by atoms with Crippen molar-refractivity contribution < 1.29 is 8.42 Å². The fourth-order valence-corrected chi connectivity index (χ4v) is 2.68. The van der Waals surface area contributed by atoms with E-state index in [0.717, 1.165) is 12.0 Å². The molecule has 0 aliphatic rings. The Morgan fingerprint density at radius 3 is 2.33 bits per heavy atom. The molecule has 0 radical (unpaired) electrons. The van der Waals surface area contributed by atoms with Gasteiger partial charge in [-0.25, -0.2) is 13.1 Å². The first kappa shape index (κ1) is 15.2. The first-order chi connectivity index (χ1) is 8.24. The van der Waals surface area contributed by atoms with Gasteiger partial charge in [-0.1, -0.05) is 30.7 Å². The summed E-state index contributed by atoms with van der Waals surface area (Å²) in [5, 5.41) is 1.80. The number of halogens is 1. The minimum Gasteiger partial charge on any atom is -0.208 e. The van der Waals surface area contributed by atoms with Crippen molar-refractivity contribution in [3.05, 3.63) is 40.3 Å². The fourth-order valence-electron chi connectivity index (χ4n) is 1.23.